The van der Waals surface area contributed by atoms with E-state index in [0.717, 1.165) is 19.1 Å². The summed E-state index contributed by atoms with van der Waals surface area (Å²) in [5.41, 5.74) is -3.22. The molecule has 6 nitrogen and oxygen atoms in total. The second kappa shape index (κ2) is 6.97. The van der Waals surface area contributed by atoms with E-state index in [2.05, 4.69) is 5.32 Å². The zero-order valence-corrected chi connectivity index (χ0v) is 14.3. The molecular weight excluding hydrogens is 353 g/mol. The third kappa shape index (κ3) is 3.97. The Bertz CT molecular complexity index is 735. The minimum Gasteiger partial charge on any atom is -0.479 e. The number of halogens is 3. The molecule has 0 aliphatic carbocycles. The van der Waals surface area contributed by atoms with Crippen molar-refractivity contribution in [2.45, 2.75) is 43.9 Å². The van der Waals surface area contributed by atoms with E-state index >= 15 is 0 Å². The highest BCUT2D eigenvalue weighted by Gasteiger charge is 2.40. The van der Waals surface area contributed by atoms with Crippen molar-refractivity contribution in [2.24, 2.45) is 0 Å². The monoisotopic (exact) mass is 372 g/mol. The van der Waals surface area contributed by atoms with Crippen molar-refractivity contribution in [2.75, 3.05) is 7.05 Å². The predicted molar refractivity (Wildman–Crippen MR) is 85.0 cm³/mol. The number of alkyl halides is 3. The van der Waals surface area contributed by atoms with Gasteiger partial charge in [-0.3, -0.25) is 9.59 Å². The first-order chi connectivity index (χ1) is 11.9. The van der Waals surface area contributed by atoms with Gasteiger partial charge in [0.05, 0.1) is 5.56 Å². The van der Waals surface area contributed by atoms with Gasteiger partial charge in [0.2, 0.25) is 11.8 Å². The number of carbonyl (C=O) groups is 3. The number of rotatable bonds is 5. The number of carboxylic acid groups (broad SMARTS) is 1. The molecule has 2 N–H and O–H groups in total. The van der Waals surface area contributed by atoms with Crippen molar-refractivity contribution in [3.05, 3.63) is 35.4 Å². The quantitative estimate of drug-likeness (QED) is 0.829. The highest BCUT2D eigenvalue weighted by Crippen LogP contribution is 2.32. The van der Waals surface area contributed by atoms with Crippen LogP contribution in [0.5, 0.6) is 0 Å². The summed E-state index contributed by atoms with van der Waals surface area (Å²) in [6, 6.07) is 3.48. The maximum atomic E-state index is 12.9. The lowest BCUT2D eigenvalue weighted by atomic mass is 9.90. The first-order valence-corrected chi connectivity index (χ1v) is 7.93. The minimum atomic E-state index is -4.63. The summed E-state index contributed by atoms with van der Waals surface area (Å²) in [5, 5.41) is 11.8. The van der Waals surface area contributed by atoms with Crippen LogP contribution < -0.4 is 5.32 Å². The number of aliphatic carboxylic acids is 1. The fourth-order valence-electron chi connectivity index (χ4n) is 2.90. The van der Waals surface area contributed by atoms with E-state index in [0.29, 0.717) is 18.9 Å². The number of carbonyl (C=O) groups excluding carboxylic acids is 2. The van der Waals surface area contributed by atoms with Crippen LogP contribution in [0.15, 0.2) is 24.3 Å². The van der Waals surface area contributed by atoms with E-state index in [1.807, 2.05) is 0 Å². The van der Waals surface area contributed by atoms with Crippen molar-refractivity contribution in [3.63, 3.8) is 0 Å². The van der Waals surface area contributed by atoms with Gasteiger partial charge in [0.25, 0.3) is 0 Å². The number of carboxylic acids is 1. The molecule has 1 aromatic rings. The van der Waals surface area contributed by atoms with Gasteiger partial charge in [0, 0.05) is 25.9 Å². The van der Waals surface area contributed by atoms with Gasteiger partial charge in [-0.25, -0.2) is 4.79 Å². The van der Waals surface area contributed by atoms with E-state index in [1.54, 1.807) is 7.05 Å². The summed E-state index contributed by atoms with van der Waals surface area (Å²) in [5.74, 6) is -2.25. The number of nitrogens with one attached hydrogen (secondary N) is 1. The predicted octanol–water partition coefficient (Wildman–Crippen LogP) is 2.13. The molecule has 2 rings (SSSR count). The van der Waals surface area contributed by atoms with Crippen LogP contribution in [-0.2, 0) is 26.1 Å². The van der Waals surface area contributed by atoms with Gasteiger partial charge in [-0.2, -0.15) is 13.2 Å². The molecule has 1 aliphatic heterocycles. The van der Waals surface area contributed by atoms with Gasteiger partial charge in [-0.15, -0.1) is 0 Å². The second-order valence-corrected chi connectivity index (χ2v) is 6.46. The van der Waals surface area contributed by atoms with E-state index in [9.17, 15) is 32.7 Å². The highest BCUT2D eigenvalue weighted by atomic mass is 19.4. The van der Waals surface area contributed by atoms with Crippen LogP contribution in [0, 0.1) is 0 Å². The van der Waals surface area contributed by atoms with Crippen LogP contribution in [0.3, 0.4) is 0 Å². The smallest absolute Gasteiger partial charge is 0.416 e. The average Bonchev–Trinajstić information content (AvgIpc) is 2.86. The van der Waals surface area contributed by atoms with Crippen LogP contribution in [-0.4, -0.2) is 40.9 Å². The molecule has 2 amide bonds. The first kappa shape index (κ1) is 19.7. The number of amides is 2. The second-order valence-electron chi connectivity index (χ2n) is 6.46. The van der Waals surface area contributed by atoms with E-state index in [-0.39, 0.29) is 23.9 Å². The van der Waals surface area contributed by atoms with Gasteiger partial charge in [-0.1, -0.05) is 12.1 Å². The SMILES string of the molecule is CN1C(=O)CCC1CC(=O)NC(C)(C(=O)O)c1cccc(C(F)(F)F)c1. The van der Waals surface area contributed by atoms with Gasteiger partial charge >= 0.3 is 12.1 Å². The first-order valence-electron chi connectivity index (χ1n) is 7.93. The molecule has 0 spiro atoms. The number of hydrogen-bond donors (Lipinski definition) is 2. The Labute approximate surface area is 148 Å². The third-order valence-corrected chi connectivity index (χ3v) is 4.64. The number of nitrogens with zero attached hydrogens (tertiary/aromatic N) is 1. The molecule has 26 heavy (non-hydrogen) atoms. The summed E-state index contributed by atoms with van der Waals surface area (Å²) in [7, 11) is 1.55. The van der Waals surface area contributed by atoms with Crippen LogP contribution in [0.25, 0.3) is 0 Å². The molecule has 0 radical (unpaired) electrons. The molecule has 0 bridgehead atoms. The fourth-order valence-corrected chi connectivity index (χ4v) is 2.90. The molecule has 0 saturated carbocycles. The zero-order valence-electron chi connectivity index (χ0n) is 14.3. The fraction of sp³-hybridized carbons (Fsp3) is 0.471. The Morgan fingerprint density at radius 1 is 1.31 bits per heavy atom. The lowest BCUT2D eigenvalue weighted by Gasteiger charge is -2.29. The maximum absolute atomic E-state index is 12.9. The molecule has 2 unspecified atom stereocenters. The highest BCUT2D eigenvalue weighted by molar-refractivity contribution is 5.88. The average molecular weight is 372 g/mol. The molecule has 1 aromatic carbocycles. The summed E-state index contributed by atoms with van der Waals surface area (Å²) in [6.45, 7) is 1.13. The normalized spacial score (nSPS) is 20.0. The summed E-state index contributed by atoms with van der Waals surface area (Å²) >= 11 is 0. The van der Waals surface area contributed by atoms with Crippen molar-refractivity contribution in [3.8, 4) is 0 Å². The molecule has 1 fully saturated rings. The Hall–Kier alpha value is -2.58. The molecule has 9 heteroatoms. The third-order valence-electron chi connectivity index (χ3n) is 4.64. The zero-order chi connectivity index (χ0) is 19.7. The summed E-state index contributed by atoms with van der Waals surface area (Å²) < 4.78 is 38.7. The Morgan fingerprint density at radius 2 is 1.92 bits per heavy atom. The van der Waals surface area contributed by atoms with E-state index in [4.69, 9.17) is 0 Å². The standard InChI is InChI=1S/C17H19F3N2O4/c1-16(15(25)26,10-4-3-5-11(8-10)17(18,19)20)21-13(23)9-12-6-7-14(24)22(12)2/h3-5,8,12H,6-7,9H2,1-2H3,(H,21,23)(H,25,26). The number of hydrogen-bond acceptors (Lipinski definition) is 3. The molecule has 0 aromatic heterocycles. The largest absolute Gasteiger partial charge is 0.479 e. The lowest BCUT2D eigenvalue weighted by Crippen LogP contribution is -2.50. The molecule has 1 saturated heterocycles. The van der Waals surface area contributed by atoms with Crippen LogP contribution in [0.4, 0.5) is 13.2 Å². The topological polar surface area (TPSA) is 86.7 Å². The maximum Gasteiger partial charge on any atom is 0.416 e. The van der Waals surface area contributed by atoms with Gasteiger partial charge in [-0.05, 0) is 31.0 Å². The molecular formula is C17H19F3N2O4. The number of likely N-dealkylation sites (tertiary alicyclic amines) is 1. The molecule has 1 aliphatic rings. The minimum absolute atomic E-state index is 0.110. The van der Waals surface area contributed by atoms with E-state index < -0.39 is 29.2 Å². The Kier molecular flexibility index (Phi) is 5.29. The van der Waals surface area contributed by atoms with Crippen molar-refractivity contribution >= 4 is 17.8 Å². The lowest BCUT2D eigenvalue weighted by molar-refractivity contribution is -0.148. The Morgan fingerprint density at radius 3 is 2.42 bits per heavy atom. The molecule has 1 heterocycles. The van der Waals surface area contributed by atoms with Crippen LogP contribution >= 0.6 is 0 Å². The summed E-state index contributed by atoms with van der Waals surface area (Å²) in [6.07, 6.45) is -3.98. The van der Waals surface area contributed by atoms with Gasteiger partial charge in [0.1, 0.15) is 0 Å². The Balaban J connectivity index is 2.23. The van der Waals surface area contributed by atoms with Crippen LogP contribution in [0.2, 0.25) is 0 Å². The number of benzene rings is 1. The summed E-state index contributed by atoms with van der Waals surface area (Å²) in [4.78, 5) is 36.9. The van der Waals surface area contributed by atoms with E-state index in [1.165, 1.54) is 11.0 Å². The van der Waals surface area contributed by atoms with Crippen molar-refractivity contribution in [1.82, 2.24) is 10.2 Å². The van der Waals surface area contributed by atoms with Crippen molar-refractivity contribution < 1.29 is 32.7 Å². The van der Waals surface area contributed by atoms with Gasteiger partial charge < -0.3 is 15.3 Å². The van der Waals surface area contributed by atoms with Crippen molar-refractivity contribution in [1.29, 1.82) is 0 Å². The van der Waals surface area contributed by atoms with Gasteiger partial charge in [0.15, 0.2) is 5.54 Å². The molecule has 2 atom stereocenters. The van der Waals surface area contributed by atoms with Crippen LogP contribution in [0.1, 0.15) is 37.3 Å². The molecule has 142 valence electrons.